The van der Waals surface area contributed by atoms with Gasteiger partial charge in [-0.05, 0) is 12.8 Å². The highest BCUT2D eigenvalue weighted by atomic mass is 79.9. The molecule has 1 aliphatic carbocycles. The second kappa shape index (κ2) is 4.76. The largest absolute Gasteiger partial charge is 0.382 e. The predicted molar refractivity (Wildman–Crippen MR) is 57.3 cm³/mol. The van der Waals surface area contributed by atoms with E-state index in [2.05, 4.69) is 29.8 Å². The summed E-state index contributed by atoms with van der Waals surface area (Å²) in [7, 11) is 1.70. The third kappa shape index (κ3) is 2.25. The van der Waals surface area contributed by atoms with Gasteiger partial charge in [0.15, 0.2) is 0 Å². The van der Waals surface area contributed by atoms with Gasteiger partial charge in [-0.1, -0.05) is 29.8 Å². The lowest BCUT2D eigenvalue weighted by Gasteiger charge is -2.51. The molecule has 0 spiro atoms. The van der Waals surface area contributed by atoms with E-state index < -0.39 is 0 Å². The van der Waals surface area contributed by atoms with Crippen LogP contribution in [-0.2, 0) is 9.47 Å². The topological polar surface area (TPSA) is 18.5 Å². The molecule has 78 valence electrons. The van der Waals surface area contributed by atoms with Crippen LogP contribution in [-0.4, -0.2) is 31.3 Å². The Balaban J connectivity index is 2.28. The fraction of sp³-hybridized carbons (Fsp3) is 1.00. The zero-order valence-electron chi connectivity index (χ0n) is 8.68. The molecule has 1 rings (SSSR count). The number of alkyl halides is 1. The van der Waals surface area contributed by atoms with Crippen LogP contribution in [0.15, 0.2) is 0 Å². The monoisotopic (exact) mass is 250 g/mol. The number of hydrogen-bond acceptors (Lipinski definition) is 2. The Labute approximate surface area is 89.1 Å². The molecule has 3 unspecified atom stereocenters. The van der Waals surface area contributed by atoms with Gasteiger partial charge in [-0.25, -0.2) is 0 Å². The average Bonchev–Trinajstić information content (AvgIpc) is 2.15. The summed E-state index contributed by atoms with van der Waals surface area (Å²) in [5.41, 5.74) is 0.327. The molecular formula is C10H19BrO2. The summed E-state index contributed by atoms with van der Waals surface area (Å²) in [6, 6.07) is 0. The molecule has 3 heteroatoms. The molecule has 13 heavy (non-hydrogen) atoms. The van der Waals surface area contributed by atoms with E-state index in [1.807, 2.05) is 0 Å². The Bertz CT molecular complexity index is 163. The maximum atomic E-state index is 5.74. The van der Waals surface area contributed by atoms with Crippen LogP contribution in [0.4, 0.5) is 0 Å². The third-order valence-electron chi connectivity index (χ3n) is 3.24. The van der Waals surface area contributed by atoms with Crippen molar-refractivity contribution in [3.63, 3.8) is 0 Å². The molecule has 0 aromatic carbocycles. The maximum absolute atomic E-state index is 5.74. The van der Waals surface area contributed by atoms with Gasteiger partial charge in [0.2, 0.25) is 0 Å². The van der Waals surface area contributed by atoms with Gasteiger partial charge in [0, 0.05) is 17.4 Å². The number of hydrogen-bond donors (Lipinski definition) is 0. The van der Waals surface area contributed by atoms with Crippen molar-refractivity contribution in [3.8, 4) is 0 Å². The van der Waals surface area contributed by atoms with Crippen molar-refractivity contribution >= 4 is 15.9 Å². The normalized spacial score (nSPS) is 38.8. The molecule has 2 nitrogen and oxygen atoms in total. The Morgan fingerprint density at radius 1 is 1.46 bits per heavy atom. The van der Waals surface area contributed by atoms with E-state index in [9.17, 15) is 0 Å². The predicted octanol–water partition coefficient (Wildman–Crippen LogP) is 2.60. The molecule has 1 saturated carbocycles. The van der Waals surface area contributed by atoms with Crippen molar-refractivity contribution in [2.75, 3.05) is 20.3 Å². The van der Waals surface area contributed by atoms with E-state index in [0.29, 0.717) is 23.0 Å². The Hall–Kier alpha value is 0.400. The second-order valence-corrected chi connectivity index (χ2v) is 5.02. The van der Waals surface area contributed by atoms with E-state index in [1.54, 1.807) is 7.11 Å². The van der Waals surface area contributed by atoms with Crippen molar-refractivity contribution < 1.29 is 9.47 Å². The molecular weight excluding hydrogens is 232 g/mol. The third-order valence-corrected chi connectivity index (χ3v) is 4.66. The van der Waals surface area contributed by atoms with E-state index in [4.69, 9.17) is 9.47 Å². The fourth-order valence-corrected chi connectivity index (χ4v) is 2.71. The summed E-state index contributed by atoms with van der Waals surface area (Å²) in [5.74, 6) is 0. The lowest BCUT2D eigenvalue weighted by Crippen LogP contribution is -2.53. The summed E-state index contributed by atoms with van der Waals surface area (Å²) in [6.45, 7) is 5.92. The van der Waals surface area contributed by atoms with Crippen molar-refractivity contribution in [1.82, 2.24) is 0 Å². The number of ether oxygens (including phenoxy) is 2. The van der Waals surface area contributed by atoms with E-state index in [0.717, 1.165) is 13.0 Å². The van der Waals surface area contributed by atoms with Gasteiger partial charge in [0.1, 0.15) is 0 Å². The summed E-state index contributed by atoms with van der Waals surface area (Å²) in [5, 5.41) is 0. The van der Waals surface area contributed by atoms with Crippen LogP contribution >= 0.6 is 15.9 Å². The van der Waals surface area contributed by atoms with Gasteiger partial charge in [0.05, 0.1) is 19.3 Å². The van der Waals surface area contributed by atoms with Gasteiger partial charge in [-0.3, -0.25) is 0 Å². The number of rotatable bonds is 5. The van der Waals surface area contributed by atoms with Gasteiger partial charge in [-0.15, -0.1) is 0 Å². The summed E-state index contributed by atoms with van der Waals surface area (Å²) < 4.78 is 10.7. The minimum atomic E-state index is 0.327. The number of methoxy groups -OCH3 is 1. The maximum Gasteiger partial charge on any atom is 0.0704 e. The van der Waals surface area contributed by atoms with Crippen LogP contribution in [0.1, 0.15) is 26.7 Å². The second-order valence-electron chi connectivity index (χ2n) is 3.91. The molecule has 0 aromatic heterocycles. The Morgan fingerprint density at radius 2 is 2.15 bits per heavy atom. The minimum absolute atomic E-state index is 0.327. The average molecular weight is 251 g/mol. The van der Waals surface area contributed by atoms with E-state index in [-0.39, 0.29) is 0 Å². The van der Waals surface area contributed by atoms with E-state index >= 15 is 0 Å². The molecule has 3 atom stereocenters. The first-order valence-electron chi connectivity index (χ1n) is 4.89. The standard InChI is InChI=1S/C10H19BrO2/c1-4-10(2)8(11)7-9(10)13-6-5-12-3/h8-9H,4-7H2,1-3H3. The van der Waals surface area contributed by atoms with Crippen LogP contribution in [0.5, 0.6) is 0 Å². The zero-order chi connectivity index (χ0) is 9.90. The SMILES string of the molecule is CCC1(C)C(Br)CC1OCCOC. The highest BCUT2D eigenvalue weighted by Crippen LogP contribution is 2.49. The first kappa shape index (κ1) is 11.5. The summed E-state index contributed by atoms with van der Waals surface area (Å²) >= 11 is 3.68. The Kier molecular flexibility index (Phi) is 4.20. The molecule has 1 aliphatic rings. The van der Waals surface area contributed by atoms with Crippen molar-refractivity contribution in [3.05, 3.63) is 0 Å². The quantitative estimate of drug-likeness (QED) is 0.552. The lowest BCUT2D eigenvalue weighted by molar-refractivity contribution is -0.105. The first-order chi connectivity index (χ1) is 6.15. The minimum Gasteiger partial charge on any atom is -0.382 e. The molecule has 0 saturated heterocycles. The molecule has 0 N–H and O–H groups in total. The van der Waals surface area contributed by atoms with Crippen molar-refractivity contribution in [2.24, 2.45) is 5.41 Å². The fourth-order valence-electron chi connectivity index (χ4n) is 1.75. The first-order valence-corrected chi connectivity index (χ1v) is 5.81. The molecule has 0 radical (unpaired) electrons. The summed E-state index contributed by atoms with van der Waals surface area (Å²) in [6.07, 6.45) is 2.71. The summed E-state index contributed by atoms with van der Waals surface area (Å²) in [4.78, 5) is 0.623. The molecule has 0 aliphatic heterocycles. The van der Waals surface area contributed by atoms with Gasteiger partial charge < -0.3 is 9.47 Å². The van der Waals surface area contributed by atoms with E-state index in [1.165, 1.54) is 6.42 Å². The van der Waals surface area contributed by atoms with Crippen LogP contribution in [0.3, 0.4) is 0 Å². The molecule has 0 heterocycles. The number of halogens is 1. The van der Waals surface area contributed by atoms with Crippen LogP contribution in [0.25, 0.3) is 0 Å². The smallest absolute Gasteiger partial charge is 0.0704 e. The molecule has 0 amide bonds. The van der Waals surface area contributed by atoms with Crippen LogP contribution < -0.4 is 0 Å². The van der Waals surface area contributed by atoms with Gasteiger partial charge in [0.25, 0.3) is 0 Å². The zero-order valence-corrected chi connectivity index (χ0v) is 10.3. The Morgan fingerprint density at radius 3 is 2.62 bits per heavy atom. The van der Waals surface area contributed by atoms with Gasteiger partial charge >= 0.3 is 0 Å². The highest BCUT2D eigenvalue weighted by Gasteiger charge is 2.49. The molecule has 1 fully saturated rings. The lowest BCUT2D eigenvalue weighted by atomic mass is 9.66. The highest BCUT2D eigenvalue weighted by molar-refractivity contribution is 9.09. The van der Waals surface area contributed by atoms with Crippen molar-refractivity contribution in [1.29, 1.82) is 0 Å². The van der Waals surface area contributed by atoms with Gasteiger partial charge in [-0.2, -0.15) is 0 Å². The molecule has 0 aromatic rings. The van der Waals surface area contributed by atoms with Crippen molar-refractivity contribution in [2.45, 2.75) is 37.6 Å². The van der Waals surface area contributed by atoms with Crippen LogP contribution in [0.2, 0.25) is 0 Å². The van der Waals surface area contributed by atoms with Crippen LogP contribution in [0, 0.1) is 5.41 Å². The molecule has 0 bridgehead atoms.